The molecule has 1 rings (SSSR count). The van der Waals surface area contributed by atoms with Gasteiger partial charge in [-0.2, -0.15) is 0 Å². The highest BCUT2D eigenvalue weighted by Crippen LogP contribution is 2.29. The highest BCUT2D eigenvalue weighted by Gasteiger charge is 2.33. The van der Waals surface area contributed by atoms with Crippen LogP contribution in [0.4, 0.5) is 0 Å². The Labute approximate surface area is 121 Å². The Hall–Kier alpha value is -1.76. The van der Waals surface area contributed by atoms with E-state index in [-0.39, 0.29) is 17.7 Å². The largest absolute Gasteiger partial charge is 0.462 e. The van der Waals surface area contributed by atoms with Crippen LogP contribution in [0.5, 0.6) is 0 Å². The molecular weight excluding hydrogens is 282 g/mol. The summed E-state index contributed by atoms with van der Waals surface area (Å²) in [5.41, 5.74) is 0.281. The Morgan fingerprint density at radius 1 is 1.60 bits per heavy atom. The van der Waals surface area contributed by atoms with Gasteiger partial charge in [0, 0.05) is 12.3 Å². The molecule has 0 fully saturated rings. The Kier molecular flexibility index (Phi) is 6.30. The van der Waals surface area contributed by atoms with Crippen LogP contribution >= 0.6 is 11.8 Å². The molecule has 0 amide bonds. The normalized spacial score (nSPS) is 20.1. The first-order valence-corrected chi connectivity index (χ1v) is 6.96. The van der Waals surface area contributed by atoms with Crippen LogP contribution in [0.25, 0.3) is 0 Å². The van der Waals surface area contributed by atoms with Gasteiger partial charge in [-0.3, -0.25) is 4.79 Å². The van der Waals surface area contributed by atoms with Gasteiger partial charge in [0.1, 0.15) is 24.7 Å². The standard InChI is InChI=1S/C13H17NO5S/c1-4-5-18-13(17)11-7-20-12(14-11)10(6-15)8(2)19-9(3)16/h4,6-8,10,12,14H,1,5H2,2-3H3/t8-,10-,12+/m1/s1. The fourth-order valence-electron chi connectivity index (χ4n) is 1.64. The molecule has 0 aromatic rings. The molecular formula is C13H17NO5S. The summed E-state index contributed by atoms with van der Waals surface area (Å²) in [5, 5.41) is 4.12. The number of aldehydes is 1. The van der Waals surface area contributed by atoms with E-state index in [4.69, 9.17) is 9.47 Å². The molecule has 0 saturated heterocycles. The highest BCUT2D eigenvalue weighted by atomic mass is 32.2. The van der Waals surface area contributed by atoms with Crippen molar-refractivity contribution in [2.45, 2.75) is 25.3 Å². The van der Waals surface area contributed by atoms with Crippen molar-refractivity contribution < 1.29 is 23.9 Å². The zero-order chi connectivity index (χ0) is 15.1. The van der Waals surface area contributed by atoms with Crippen LogP contribution in [0, 0.1) is 5.92 Å². The van der Waals surface area contributed by atoms with Crippen molar-refractivity contribution in [3.05, 3.63) is 23.8 Å². The number of nitrogens with one attached hydrogen (secondary N) is 1. The van der Waals surface area contributed by atoms with Crippen molar-refractivity contribution >= 4 is 30.0 Å². The first-order valence-electron chi connectivity index (χ1n) is 6.02. The van der Waals surface area contributed by atoms with Gasteiger partial charge < -0.3 is 19.6 Å². The van der Waals surface area contributed by atoms with Crippen LogP contribution in [0.15, 0.2) is 23.8 Å². The number of hydrogen-bond donors (Lipinski definition) is 1. The maximum absolute atomic E-state index is 11.6. The van der Waals surface area contributed by atoms with Crippen LogP contribution in [0.3, 0.4) is 0 Å². The van der Waals surface area contributed by atoms with E-state index >= 15 is 0 Å². The predicted molar refractivity (Wildman–Crippen MR) is 74.5 cm³/mol. The summed E-state index contributed by atoms with van der Waals surface area (Å²) >= 11 is 1.28. The smallest absolute Gasteiger partial charge is 0.355 e. The van der Waals surface area contributed by atoms with Gasteiger partial charge in [0.2, 0.25) is 0 Å². The SMILES string of the molecule is C=CCOC(=O)C1=CS[C@@H]([C@H](C=O)[C@@H](C)OC(C)=O)N1. The van der Waals surface area contributed by atoms with Crippen LogP contribution < -0.4 is 5.32 Å². The van der Waals surface area contributed by atoms with Crippen molar-refractivity contribution in [3.8, 4) is 0 Å². The summed E-state index contributed by atoms with van der Waals surface area (Å²) in [6.07, 6.45) is 1.60. The molecule has 3 atom stereocenters. The van der Waals surface area contributed by atoms with Crippen LogP contribution in [0.2, 0.25) is 0 Å². The topological polar surface area (TPSA) is 81.7 Å². The lowest BCUT2D eigenvalue weighted by Gasteiger charge is -2.24. The molecule has 1 N–H and O–H groups in total. The van der Waals surface area contributed by atoms with Gasteiger partial charge in [-0.15, -0.1) is 11.8 Å². The molecule has 0 radical (unpaired) electrons. The van der Waals surface area contributed by atoms with E-state index in [1.54, 1.807) is 12.3 Å². The number of hydrogen-bond acceptors (Lipinski definition) is 7. The summed E-state index contributed by atoms with van der Waals surface area (Å²) in [6, 6.07) is 0. The molecule has 1 aliphatic heterocycles. The third-order valence-electron chi connectivity index (χ3n) is 2.58. The Morgan fingerprint density at radius 2 is 2.30 bits per heavy atom. The van der Waals surface area contributed by atoms with E-state index in [1.807, 2.05) is 0 Å². The average molecular weight is 299 g/mol. The van der Waals surface area contributed by atoms with Gasteiger partial charge >= 0.3 is 11.9 Å². The molecule has 0 aromatic heterocycles. The van der Waals surface area contributed by atoms with Gasteiger partial charge in [0.25, 0.3) is 0 Å². The first kappa shape index (κ1) is 16.3. The minimum atomic E-state index is -0.577. The van der Waals surface area contributed by atoms with E-state index in [1.165, 1.54) is 24.8 Å². The molecule has 0 aliphatic carbocycles. The molecule has 20 heavy (non-hydrogen) atoms. The number of rotatable bonds is 7. The molecule has 0 unspecified atom stereocenters. The molecule has 110 valence electrons. The summed E-state index contributed by atoms with van der Waals surface area (Å²) in [4.78, 5) is 33.7. The van der Waals surface area contributed by atoms with Gasteiger partial charge in [0.15, 0.2) is 0 Å². The molecule has 7 heteroatoms. The van der Waals surface area contributed by atoms with Crippen LogP contribution in [-0.4, -0.2) is 36.3 Å². The summed E-state index contributed by atoms with van der Waals surface area (Å²) in [5.74, 6) is -1.53. The highest BCUT2D eigenvalue weighted by molar-refractivity contribution is 8.03. The minimum Gasteiger partial charge on any atom is -0.462 e. The van der Waals surface area contributed by atoms with Crippen molar-refractivity contribution in [3.63, 3.8) is 0 Å². The lowest BCUT2D eigenvalue weighted by Crippen LogP contribution is -2.39. The molecule has 1 heterocycles. The summed E-state index contributed by atoms with van der Waals surface area (Å²) in [6.45, 7) is 6.49. The van der Waals surface area contributed by atoms with E-state index in [0.717, 1.165) is 0 Å². The number of thioether (sulfide) groups is 1. The number of carbonyl (C=O) groups excluding carboxylic acids is 3. The zero-order valence-electron chi connectivity index (χ0n) is 11.3. The van der Waals surface area contributed by atoms with Crippen molar-refractivity contribution in [1.82, 2.24) is 5.32 Å². The zero-order valence-corrected chi connectivity index (χ0v) is 12.1. The molecule has 0 aromatic carbocycles. The van der Waals surface area contributed by atoms with Gasteiger partial charge in [-0.1, -0.05) is 12.7 Å². The second-order valence-electron chi connectivity index (χ2n) is 4.15. The fraction of sp³-hybridized carbons (Fsp3) is 0.462. The summed E-state index contributed by atoms with van der Waals surface area (Å²) < 4.78 is 9.89. The molecule has 1 aliphatic rings. The summed E-state index contributed by atoms with van der Waals surface area (Å²) in [7, 11) is 0. The Balaban J connectivity index is 2.58. The van der Waals surface area contributed by atoms with Gasteiger partial charge in [-0.25, -0.2) is 4.79 Å². The second kappa shape index (κ2) is 7.74. The minimum absolute atomic E-state index is 0.119. The van der Waals surface area contributed by atoms with Gasteiger partial charge in [-0.05, 0) is 6.92 Å². The molecule has 6 nitrogen and oxygen atoms in total. The Morgan fingerprint density at radius 3 is 2.85 bits per heavy atom. The molecule has 0 saturated carbocycles. The van der Waals surface area contributed by atoms with E-state index < -0.39 is 24.0 Å². The van der Waals surface area contributed by atoms with E-state index in [9.17, 15) is 14.4 Å². The lowest BCUT2D eigenvalue weighted by molar-refractivity contribution is -0.149. The predicted octanol–water partition coefficient (Wildman–Crippen LogP) is 0.986. The van der Waals surface area contributed by atoms with Crippen molar-refractivity contribution in [2.75, 3.05) is 6.61 Å². The monoisotopic (exact) mass is 299 g/mol. The van der Waals surface area contributed by atoms with E-state index in [0.29, 0.717) is 6.29 Å². The fourth-order valence-corrected chi connectivity index (χ4v) is 2.75. The average Bonchev–Trinajstić information content (AvgIpc) is 2.85. The first-order chi connectivity index (χ1) is 9.49. The van der Waals surface area contributed by atoms with Crippen molar-refractivity contribution in [2.24, 2.45) is 5.92 Å². The maximum Gasteiger partial charge on any atom is 0.355 e. The van der Waals surface area contributed by atoms with E-state index in [2.05, 4.69) is 11.9 Å². The third-order valence-corrected chi connectivity index (χ3v) is 3.68. The van der Waals surface area contributed by atoms with Gasteiger partial charge in [0.05, 0.1) is 11.3 Å². The Bertz CT molecular complexity index is 434. The number of carbonyl (C=O) groups is 3. The molecule has 0 spiro atoms. The maximum atomic E-state index is 11.6. The quantitative estimate of drug-likeness (QED) is 0.426. The van der Waals surface area contributed by atoms with Crippen LogP contribution in [-0.2, 0) is 23.9 Å². The third kappa shape index (κ3) is 4.41. The second-order valence-corrected chi connectivity index (χ2v) is 5.16. The molecule has 0 bridgehead atoms. The van der Waals surface area contributed by atoms with Crippen molar-refractivity contribution in [1.29, 1.82) is 0 Å². The van der Waals surface area contributed by atoms with Crippen LogP contribution in [0.1, 0.15) is 13.8 Å². The number of ether oxygens (including phenoxy) is 2. The number of esters is 2. The lowest BCUT2D eigenvalue weighted by atomic mass is 10.1.